The highest BCUT2D eigenvalue weighted by Gasteiger charge is 2.20. The number of carbonyl (C=O) groups is 2. The zero-order valence-electron chi connectivity index (χ0n) is 15.5. The second kappa shape index (κ2) is 9.02. The molecule has 0 radical (unpaired) electrons. The largest absolute Gasteiger partial charge is 0.336 e. The Bertz CT molecular complexity index is 782. The number of carbonyl (C=O) groups excluding carboxylic acids is 2. The van der Waals surface area contributed by atoms with Crippen molar-refractivity contribution in [1.29, 1.82) is 0 Å². The number of aryl methyl sites for hydroxylation is 1. The number of nitrogens with one attached hydrogen (secondary N) is 1. The van der Waals surface area contributed by atoms with Crippen LogP contribution in [0.15, 0.2) is 48.5 Å². The number of rotatable bonds is 5. The van der Waals surface area contributed by atoms with Crippen LogP contribution in [0.3, 0.4) is 0 Å². The van der Waals surface area contributed by atoms with E-state index in [1.165, 1.54) is 0 Å². The molecule has 1 fully saturated rings. The molecular formula is C21H24ClN3O2. The van der Waals surface area contributed by atoms with E-state index < -0.39 is 0 Å². The van der Waals surface area contributed by atoms with Crippen LogP contribution in [-0.4, -0.2) is 54.8 Å². The zero-order valence-corrected chi connectivity index (χ0v) is 16.2. The Morgan fingerprint density at radius 2 is 1.59 bits per heavy atom. The van der Waals surface area contributed by atoms with Crippen LogP contribution < -0.4 is 5.32 Å². The number of amides is 2. The van der Waals surface area contributed by atoms with Gasteiger partial charge in [0.15, 0.2) is 0 Å². The fraction of sp³-hybridized carbons (Fsp3) is 0.333. The number of halogens is 1. The molecule has 1 saturated heterocycles. The average Bonchev–Trinajstić information content (AvgIpc) is 2.68. The molecule has 5 nitrogen and oxygen atoms in total. The van der Waals surface area contributed by atoms with Gasteiger partial charge in [-0.25, -0.2) is 0 Å². The number of hydrogen-bond donors (Lipinski definition) is 1. The van der Waals surface area contributed by atoms with Gasteiger partial charge < -0.3 is 15.1 Å². The smallest absolute Gasteiger partial charge is 0.253 e. The normalized spacial score (nSPS) is 14.8. The van der Waals surface area contributed by atoms with Crippen molar-refractivity contribution in [3.63, 3.8) is 0 Å². The minimum atomic E-state index is -0.0527. The maximum absolute atomic E-state index is 12.5. The van der Waals surface area contributed by atoms with Crippen LogP contribution in [0, 0.1) is 0 Å². The van der Waals surface area contributed by atoms with E-state index in [1.54, 1.807) is 24.3 Å². The highest BCUT2D eigenvalue weighted by Crippen LogP contribution is 2.14. The van der Waals surface area contributed by atoms with Crippen LogP contribution in [0.2, 0.25) is 5.02 Å². The standard InChI is InChI=1S/C21H24ClN3O2/c1-24-12-14-25(15-13-24)21(27)17-5-9-19(10-6-17)23-20(26)11-4-16-2-7-18(22)8-3-16/h2-3,5-10H,4,11-15H2,1H3,(H,23,26). The second-order valence-electron chi connectivity index (χ2n) is 6.85. The molecule has 1 N–H and O–H groups in total. The lowest BCUT2D eigenvalue weighted by Gasteiger charge is -2.32. The van der Waals surface area contributed by atoms with Gasteiger partial charge in [-0.3, -0.25) is 9.59 Å². The monoisotopic (exact) mass is 385 g/mol. The van der Waals surface area contributed by atoms with Crippen LogP contribution >= 0.6 is 11.6 Å². The van der Waals surface area contributed by atoms with Gasteiger partial charge in [0.1, 0.15) is 0 Å². The fourth-order valence-electron chi connectivity index (χ4n) is 3.02. The van der Waals surface area contributed by atoms with Crippen molar-refractivity contribution in [2.75, 3.05) is 38.5 Å². The molecule has 2 aromatic carbocycles. The van der Waals surface area contributed by atoms with Crippen LogP contribution in [0.25, 0.3) is 0 Å². The van der Waals surface area contributed by atoms with Crippen LogP contribution in [0.4, 0.5) is 5.69 Å². The number of anilines is 1. The lowest BCUT2D eigenvalue weighted by Crippen LogP contribution is -2.47. The lowest BCUT2D eigenvalue weighted by molar-refractivity contribution is -0.116. The highest BCUT2D eigenvalue weighted by atomic mass is 35.5. The van der Waals surface area contributed by atoms with Gasteiger partial charge in [0.25, 0.3) is 5.91 Å². The third-order valence-corrected chi connectivity index (χ3v) is 5.01. The molecule has 0 spiro atoms. The molecule has 2 amide bonds. The third kappa shape index (κ3) is 5.55. The van der Waals surface area contributed by atoms with E-state index in [-0.39, 0.29) is 11.8 Å². The van der Waals surface area contributed by atoms with Gasteiger partial charge in [0.05, 0.1) is 0 Å². The molecular weight excluding hydrogens is 362 g/mol. The topological polar surface area (TPSA) is 52.6 Å². The lowest BCUT2D eigenvalue weighted by atomic mass is 10.1. The van der Waals surface area contributed by atoms with E-state index in [1.807, 2.05) is 29.2 Å². The molecule has 0 aromatic heterocycles. The van der Waals surface area contributed by atoms with E-state index in [4.69, 9.17) is 11.6 Å². The van der Waals surface area contributed by atoms with E-state index in [0.29, 0.717) is 29.1 Å². The summed E-state index contributed by atoms with van der Waals surface area (Å²) < 4.78 is 0. The second-order valence-corrected chi connectivity index (χ2v) is 7.28. The molecule has 1 aliphatic rings. The molecule has 1 heterocycles. The first-order chi connectivity index (χ1) is 13.0. The number of hydrogen-bond acceptors (Lipinski definition) is 3. The zero-order chi connectivity index (χ0) is 19.2. The number of nitrogens with zero attached hydrogens (tertiary/aromatic N) is 2. The summed E-state index contributed by atoms with van der Waals surface area (Å²) in [5, 5.41) is 3.57. The van der Waals surface area contributed by atoms with Crippen molar-refractivity contribution in [2.45, 2.75) is 12.8 Å². The van der Waals surface area contributed by atoms with Gasteiger partial charge in [-0.15, -0.1) is 0 Å². The molecule has 0 atom stereocenters. The minimum Gasteiger partial charge on any atom is -0.336 e. The van der Waals surface area contributed by atoms with E-state index in [2.05, 4.69) is 17.3 Å². The first-order valence-corrected chi connectivity index (χ1v) is 9.51. The van der Waals surface area contributed by atoms with Crippen molar-refractivity contribution in [2.24, 2.45) is 0 Å². The molecule has 2 aromatic rings. The molecule has 0 bridgehead atoms. The van der Waals surface area contributed by atoms with E-state index in [0.717, 1.165) is 31.7 Å². The Morgan fingerprint density at radius 3 is 2.22 bits per heavy atom. The summed E-state index contributed by atoms with van der Waals surface area (Å²) in [5.74, 6) is -0.00758. The van der Waals surface area contributed by atoms with E-state index >= 15 is 0 Å². The Morgan fingerprint density at radius 1 is 0.963 bits per heavy atom. The van der Waals surface area contributed by atoms with Crippen molar-refractivity contribution < 1.29 is 9.59 Å². The molecule has 142 valence electrons. The first kappa shape index (κ1) is 19.4. The van der Waals surface area contributed by atoms with Gasteiger partial charge in [-0.2, -0.15) is 0 Å². The van der Waals surface area contributed by atoms with Gasteiger partial charge in [0.2, 0.25) is 5.91 Å². The number of piperazine rings is 1. The molecule has 3 rings (SSSR count). The van der Waals surface area contributed by atoms with Crippen molar-refractivity contribution in [3.8, 4) is 0 Å². The SMILES string of the molecule is CN1CCN(C(=O)c2ccc(NC(=O)CCc3ccc(Cl)cc3)cc2)CC1. The maximum Gasteiger partial charge on any atom is 0.253 e. The molecule has 27 heavy (non-hydrogen) atoms. The Hall–Kier alpha value is -2.37. The van der Waals surface area contributed by atoms with Crippen molar-refractivity contribution in [1.82, 2.24) is 9.80 Å². The summed E-state index contributed by atoms with van der Waals surface area (Å²) in [7, 11) is 2.06. The van der Waals surface area contributed by atoms with Crippen LogP contribution in [0.1, 0.15) is 22.3 Å². The molecule has 0 aliphatic carbocycles. The molecule has 1 aliphatic heterocycles. The van der Waals surface area contributed by atoms with Crippen molar-refractivity contribution >= 4 is 29.1 Å². The van der Waals surface area contributed by atoms with Crippen LogP contribution in [-0.2, 0) is 11.2 Å². The summed E-state index contributed by atoms with van der Waals surface area (Å²) in [6.45, 7) is 3.29. The fourth-order valence-corrected chi connectivity index (χ4v) is 3.15. The third-order valence-electron chi connectivity index (χ3n) is 4.76. The van der Waals surface area contributed by atoms with Gasteiger partial charge in [-0.1, -0.05) is 23.7 Å². The summed E-state index contributed by atoms with van der Waals surface area (Å²) in [4.78, 5) is 28.8. The highest BCUT2D eigenvalue weighted by molar-refractivity contribution is 6.30. The average molecular weight is 386 g/mol. The predicted octanol–water partition coefficient (Wildman–Crippen LogP) is 3.30. The predicted molar refractivity (Wildman–Crippen MR) is 108 cm³/mol. The molecule has 0 saturated carbocycles. The van der Waals surface area contributed by atoms with Crippen LogP contribution in [0.5, 0.6) is 0 Å². The minimum absolute atomic E-state index is 0.0451. The van der Waals surface area contributed by atoms with Gasteiger partial charge >= 0.3 is 0 Å². The number of likely N-dealkylation sites (N-methyl/N-ethyl adjacent to an activating group) is 1. The quantitative estimate of drug-likeness (QED) is 0.859. The summed E-state index contributed by atoms with van der Waals surface area (Å²) in [6, 6.07) is 14.6. The molecule has 0 unspecified atom stereocenters. The summed E-state index contributed by atoms with van der Waals surface area (Å²) >= 11 is 5.86. The van der Waals surface area contributed by atoms with E-state index in [9.17, 15) is 9.59 Å². The van der Waals surface area contributed by atoms with Crippen molar-refractivity contribution in [3.05, 3.63) is 64.7 Å². The Balaban J connectivity index is 1.50. The number of benzene rings is 2. The summed E-state index contributed by atoms with van der Waals surface area (Å²) in [5.41, 5.74) is 2.42. The van der Waals surface area contributed by atoms with Gasteiger partial charge in [0, 0.05) is 48.9 Å². The Labute approximate surface area is 164 Å². The Kier molecular flexibility index (Phi) is 6.48. The first-order valence-electron chi connectivity index (χ1n) is 9.13. The van der Waals surface area contributed by atoms with Gasteiger partial charge in [-0.05, 0) is 55.4 Å². The maximum atomic E-state index is 12.5. The molecule has 6 heteroatoms. The summed E-state index contributed by atoms with van der Waals surface area (Å²) in [6.07, 6.45) is 1.05.